The standard InChI is InChI=1S/C18H30N2O/c19-10-15-2-1-3-16(15)11-20-17(21)18-7-12-4-13(8-18)6-14(5-12)9-18/h12-16H,1-11,19H2,(H,20,21). The van der Waals surface area contributed by atoms with Gasteiger partial charge in [0.05, 0.1) is 0 Å². The fraction of sp³-hybridized carbons (Fsp3) is 0.944. The molecule has 5 aliphatic rings. The first-order valence-corrected chi connectivity index (χ1v) is 9.17. The van der Waals surface area contributed by atoms with Crippen molar-refractivity contribution in [1.82, 2.24) is 5.32 Å². The second kappa shape index (κ2) is 5.26. The topological polar surface area (TPSA) is 55.1 Å². The van der Waals surface area contributed by atoms with E-state index in [0.29, 0.717) is 17.7 Å². The highest BCUT2D eigenvalue weighted by molar-refractivity contribution is 5.83. The van der Waals surface area contributed by atoms with Crippen LogP contribution in [-0.4, -0.2) is 19.0 Å². The van der Waals surface area contributed by atoms with Crippen molar-refractivity contribution in [2.75, 3.05) is 13.1 Å². The molecular weight excluding hydrogens is 260 g/mol. The minimum Gasteiger partial charge on any atom is -0.355 e. The second-order valence-electron chi connectivity index (χ2n) is 8.59. The van der Waals surface area contributed by atoms with Crippen LogP contribution in [0.25, 0.3) is 0 Å². The van der Waals surface area contributed by atoms with E-state index in [2.05, 4.69) is 5.32 Å². The highest BCUT2D eigenvalue weighted by Gasteiger charge is 2.54. The summed E-state index contributed by atoms with van der Waals surface area (Å²) in [7, 11) is 0. The summed E-state index contributed by atoms with van der Waals surface area (Å²) in [4.78, 5) is 12.9. The number of hydrogen-bond acceptors (Lipinski definition) is 2. The van der Waals surface area contributed by atoms with Crippen molar-refractivity contribution in [3.05, 3.63) is 0 Å². The molecule has 118 valence electrons. The molecular formula is C18H30N2O. The molecule has 3 N–H and O–H groups in total. The highest BCUT2D eigenvalue weighted by atomic mass is 16.2. The number of nitrogens with one attached hydrogen (secondary N) is 1. The van der Waals surface area contributed by atoms with Gasteiger partial charge in [-0.3, -0.25) is 4.79 Å². The third-order valence-corrected chi connectivity index (χ3v) is 7.16. The van der Waals surface area contributed by atoms with Crippen molar-refractivity contribution in [2.45, 2.75) is 57.8 Å². The van der Waals surface area contributed by atoms with Gasteiger partial charge in [-0.05, 0) is 87.5 Å². The molecule has 0 aromatic carbocycles. The number of nitrogens with two attached hydrogens (primary N) is 1. The van der Waals surface area contributed by atoms with Crippen LogP contribution in [0.15, 0.2) is 0 Å². The Bertz CT molecular complexity index is 384. The molecule has 0 aromatic rings. The Kier molecular flexibility index (Phi) is 3.52. The van der Waals surface area contributed by atoms with Crippen LogP contribution in [0.1, 0.15) is 57.8 Å². The van der Waals surface area contributed by atoms with E-state index >= 15 is 0 Å². The van der Waals surface area contributed by atoms with E-state index in [9.17, 15) is 4.79 Å². The van der Waals surface area contributed by atoms with Gasteiger partial charge in [-0.1, -0.05) is 6.42 Å². The Labute approximate surface area is 128 Å². The maximum atomic E-state index is 12.9. The summed E-state index contributed by atoms with van der Waals surface area (Å²) in [5, 5.41) is 3.35. The molecule has 0 saturated heterocycles. The molecule has 0 heterocycles. The van der Waals surface area contributed by atoms with Crippen molar-refractivity contribution in [1.29, 1.82) is 0 Å². The molecule has 5 rings (SSSR count). The SMILES string of the molecule is NCC1CCCC1CNC(=O)C12CC3CC(CC(C3)C1)C2. The molecule has 1 amide bonds. The zero-order valence-corrected chi connectivity index (χ0v) is 13.2. The van der Waals surface area contributed by atoms with Gasteiger partial charge in [-0.25, -0.2) is 0 Å². The molecule has 2 unspecified atom stereocenters. The van der Waals surface area contributed by atoms with E-state index in [1.807, 2.05) is 0 Å². The maximum absolute atomic E-state index is 12.9. The predicted molar refractivity (Wildman–Crippen MR) is 83.5 cm³/mol. The Morgan fingerprint density at radius 2 is 1.57 bits per heavy atom. The van der Waals surface area contributed by atoms with Crippen LogP contribution in [0.4, 0.5) is 0 Å². The molecule has 0 spiro atoms. The molecule has 2 atom stereocenters. The predicted octanol–water partition coefficient (Wildman–Crippen LogP) is 2.69. The van der Waals surface area contributed by atoms with Crippen molar-refractivity contribution >= 4 is 5.91 Å². The Hall–Kier alpha value is -0.570. The molecule has 4 bridgehead atoms. The zero-order chi connectivity index (χ0) is 14.4. The Morgan fingerprint density at radius 1 is 1.00 bits per heavy atom. The summed E-state index contributed by atoms with van der Waals surface area (Å²) >= 11 is 0. The van der Waals surface area contributed by atoms with E-state index in [-0.39, 0.29) is 5.41 Å². The summed E-state index contributed by atoms with van der Waals surface area (Å²) < 4.78 is 0. The van der Waals surface area contributed by atoms with Gasteiger partial charge in [0.1, 0.15) is 0 Å². The normalized spacial score (nSPS) is 47.8. The highest BCUT2D eigenvalue weighted by Crippen LogP contribution is 2.60. The minimum absolute atomic E-state index is 0.0194. The summed E-state index contributed by atoms with van der Waals surface area (Å²) in [5.41, 5.74) is 5.88. The van der Waals surface area contributed by atoms with E-state index in [0.717, 1.165) is 30.8 Å². The summed E-state index contributed by atoms with van der Waals surface area (Å²) in [6, 6.07) is 0. The Morgan fingerprint density at radius 3 is 2.14 bits per heavy atom. The van der Waals surface area contributed by atoms with Gasteiger partial charge in [0.15, 0.2) is 0 Å². The largest absolute Gasteiger partial charge is 0.355 e. The van der Waals surface area contributed by atoms with Crippen molar-refractivity contribution in [3.63, 3.8) is 0 Å². The fourth-order valence-corrected chi connectivity index (χ4v) is 6.49. The van der Waals surface area contributed by atoms with Crippen LogP contribution >= 0.6 is 0 Å². The van der Waals surface area contributed by atoms with Gasteiger partial charge in [0.25, 0.3) is 0 Å². The number of carbonyl (C=O) groups excluding carboxylic acids is 1. The molecule has 0 radical (unpaired) electrons. The second-order valence-corrected chi connectivity index (χ2v) is 8.59. The average molecular weight is 290 g/mol. The van der Waals surface area contributed by atoms with Crippen LogP contribution < -0.4 is 11.1 Å². The lowest BCUT2D eigenvalue weighted by atomic mass is 9.49. The summed E-state index contributed by atoms with van der Waals surface area (Å²) in [6.45, 7) is 1.67. The zero-order valence-electron chi connectivity index (χ0n) is 13.2. The van der Waals surface area contributed by atoms with Crippen LogP contribution in [0.3, 0.4) is 0 Å². The van der Waals surface area contributed by atoms with E-state index < -0.39 is 0 Å². The Balaban J connectivity index is 1.39. The lowest BCUT2D eigenvalue weighted by Crippen LogP contribution is -2.54. The van der Waals surface area contributed by atoms with Crippen LogP contribution in [-0.2, 0) is 4.79 Å². The third kappa shape index (κ3) is 2.42. The molecule has 0 aromatic heterocycles. The van der Waals surface area contributed by atoms with E-state index in [1.54, 1.807) is 0 Å². The lowest BCUT2D eigenvalue weighted by Gasteiger charge is -2.55. The van der Waals surface area contributed by atoms with Gasteiger partial charge in [0.2, 0.25) is 5.91 Å². The van der Waals surface area contributed by atoms with Crippen molar-refractivity contribution in [2.24, 2.45) is 40.7 Å². The third-order valence-electron chi connectivity index (χ3n) is 7.16. The average Bonchev–Trinajstić information content (AvgIpc) is 2.90. The van der Waals surface area contributed by atoms with Crippen LogP contribution in [0, 0.1) is 35.0 Å². The number of hydrogen-bond donors (Lipinski definition) is 2. The van der Waals surface area contributed by atoms with Gasteiger partial charge < -0.3 is 11.1 Å². The molecule has 21 heavy (non-hydrogen) atoms. The molecule has 3 nitrogen and oxygen atoms in total. The molecule has 5 aliphatic carbocycles. The lowest BCUT2D eigenvalue weighted by molar-refractivity contribution is -0.146. The molecule has 5 fully saturated rings. The van der Waals surface area contributed by atoms with Gasteiger partial charge in [-0.2, -0.15) is 0 Å². The number of rotatable bonds is 4. The smallest absolute Gasteiger partial charge is 0.226 e. The first-order chi connectivity index (χ1) is 10.2. The number of carbonyl (C=O) groups is 1. The number of amides is 1. The molecule has 0 aliphatic heterocycles. The quantitative estimate of drug-likeness (QED) is 0.836. The van der Waals surface area contributed by atoms with Crippen LogP contribution in [0.2, 0.25) is 0 Å². The minimum atomic E-state index is 0.0194. The van der Waals surface area contributed by atoms with E-state index in [4.69, 9.17) is 5.73 Å². The molecule has 5 saturated carbocycles. The monoisotopic (exact) mass is 290 g/mol. The first-order valence-electron chi connectivity index (χ1n) is 9.17. The van der Waals surface area contributed by atoms with Crippen molar-refractivity contribution in [3.8, 4) is 0 Å². The van der Waals surface area contributed by atoms with E-state index in [1.165, 1.54) is 57.8 Å². The fourth-order valence-electron chi connectivity index (χ4n) is 6.49. The van der Waals surface area contributed by atoms with Gasteiger partial charge in [-0.15, -0.1) is 0 Å². The van der Waals surface area contributed by atoms with Crippen molar-refractivity contribution < 1.29 is 4.79 Å². The first kappa shape index (κ1) is 14.0. The molecule has 3 heteroatoms. The van der Waals surface area contributed by atoms with Gasteiger partial charge >= 0.3 is 0 Å². The summed E-state index contributed by atoms with van der Waals surface area (Å²) in [6.07, 6.45) is 11.6. The maximum Gasteiger partial charge on any atom is 0.226 e. The summed E-state index contributed by atoms with van der Waals surface area (Å²) in [5.74, 6) is 4.22. The van der Waals surface area contributed by atoms with Gasteiger partial charge in [0, 0.05) is 12.0 Å². The van der Waals surface area contributed by atoms with Crippen LogP contribution in [0.5, 0.6) is 0 Å².